The maximum Gasteiger partial charge on any atom is 0.262 e. The van der Waals surface area contributed by atoms with E-state index < -0.39 is 0 Å². The number of anilines is 1. The Morgan fingerprint density at radius 1 is 1.12 bits per heavy atom. The minimum atomic E-state index is -0.252. The van der Waals surface area contributed by atoms with Gasteiger partial charge in [0.15, 0.2) is 18.1 Å². The summed E-state index contributed by atoms with van der Waals surface area (Å²) >= 11 is 0. The van der Waals surface area contributed by atoms with E-state index in [9.17, 15) is 4.79 Å². The average molecular weight is 327 g/mol. The molecule has 0 heterocycles. The Hall–Kier alpha value is -2.95. The third-order valence-corrected chi connectivity index (χ3v) is 3.18. The molecule has 2 aromatic carbocycles. The van der Waals surface area contributed by atoms with Gasteiger partial charge in [-0.3, -0.25) is 4.79 Å². The van der Waals surface area contributed by atoms with Gasteiger partial charge in [-0.25, -0.2) is 0 Å². The van der Waals surface area contributed by atoms with Crippen molar-refractivity contribution in [2.45, 2.75) is 6.92 Å². The highest BCUT2D eigenvalue weighted by Crippen LogP contribution is 2.27. The van der Waals surface area contributed by atoms with E-state index in [1.807, 2.05) is 19.1 Å². The van der Waals surface area contributed by atoms with E-state index in [1.54, 1.807) is 43.5 Å². The molecule has 2 aromatic rings. The molecule has 0 aliphatic heterocycles. The fourth-order valence-corrected chi connectivity index (χ4v) is 2.02. The van der Waals surface area contributed by atoms with Crippen molar-refractivity contribution in [3.05, 3.63) is 60.7 Å². The molecule has 0 fully saturated rings. The summed E-state index contributed by atoms with van der Waals surface area (Å²) in [4.78, 5) is 12.0. The van der Waals surface area contributed by atoms with Crippen molar-refractivity contribution < 1.29 is 19.0 Å². The van der Waals surface area contributed by atoms with Gasteiger partial charge in [-0.2, -0.15) is 0 Å². The lowest BCUT2D eigenvalue weighted by molar-refractivity contribution is -0.118. The first-order valence-corrected chi connectivity index (χ1v) is 7.53. The number of carbonyl (C=O) groups is 1. The Morgan fingerprint density at radius 2 is 1.88 bits per heavy atom. The van der Waals surface area contributed by atoms with Crippen molar-refractivity contribution in [1.82, 2.24) is 0 Å². The van der Waals surface area contributed by atoms with Crippen molar-refractivity contribution >= 4 is 11.6 Å². The number of hydrogen-bond acceptors (Lipinski definition) is 4. The summed E-state index contributed by atoms with van der Waals surface area (Å²) in [6, 6.07) is 12.6. The lowest BCUT2D eigenvalue weighted by atomic mass is 10.2. The number of aryl methyl sites for hydroxylation is 1. The maximum atomic E-state index is 12.0. The van der Waals surface area contributed by atoms with Crippen LogP contribution in [0.4, 0.5) is 5.69 Å². The third-order valence-electron chi connectivity index (χ3n) is 3.18. The molecule has 0 bridgehead atoms. The minimum Gasteiger partial charge on any atom is -0.493 e. The van der Waals surface area contributed by atoms with Crippen molar-refractivity contribution in [3.8, 4) is 17.2 Å². The number of carbonyl (C=O) groups excluding carboxylic acids is 1. The number of ether oxygens (including phenoxy) is 3. The highest BCUT2D eigenvalue weighted by Gasteiger charge is 2.08. The van der Waals surface area contributed by atoms with Gasteiger partial charge in [0.1, 0.15) is 12.4 Å². The van der Waals surface area contributed by atoms with Crippen LogP contribution in [-0.4, -0.2) is 26.2 Å². The Bertz CT molecular complexity index is 695. The van der Waals surface area contributed by atoms with Gasteiger partial charge in [-0.05, 0) is 48.9 Å². The SMILES string of the molecule is C=CCOc1ccc(NC(=O)COc2ccc(C)cc2OC)cc1. The molecule has 0 saturated heterocycles. The summed E-state index contributed by atoms with van der Waals surface area (Å²) in [5.74, 6) is 1.60. The third kappa shape index (κ3) is 5.05. The number of nitrogens with one attached hydrogen (secondary N) is 1. The van der Waals surface area contributed by atoms with Crippen LogP contribution in [0.3, 0.4) is 0 Å². The summed E-state index contributed by atoms with van der Waals surface area (Å²) in [7, 11) is 1.57. The second-order valence-corrected chi connectivity index (χ2v) is 5.12. The normalized spacial score (nSPS) is 9.92. The first kappa shape index (κ1) is 17.4. The monoisotopic (exact) mass is 327 g/mol. The molecule has 5 heteroatoms. The van der Waals surface area contributed by atoms with Crippen molar-refractivity contribution in [1.29, 1.82) is 0 Å². The molecule has 0 spiro atoms. The molecule has 0 aliphatic rings. The van der Waals surface area contributed by atoms with Crippen LogP contribution in [-0.2, 0) is 4.79 Å². The molecule has 0 aliphatic carbocycles. The van der Waals surface area contributed by atoms with Crippen molar-refractivity contribution in [2.24, 2.45) is 0 Å². The fourth-order valence-electron chi connectivity index (χ4n) is 2.02. The summed E-state index contributed by atoms with van der Waals surface area (Å²) in [6.07, 6.45) is 1.67. The van der Waals surface area contributed by atoms with E-state index in [2.05, 4.69) is 11.9 Å². The predicted octanol–water partition coefficient (Wildman–Crippen LogP) is 3.59. The number of methoxy groups -OCH3 is 1. The molecule has 126 valence electrons. The van der Waals surface area contributed by atoms with Crippen LogP contribution in [0.25, 0.3) is 0 Å². The Labute approximate surface area is 141 Å². The first-order valence-electron chi connectivity index (χ1n) is 7.53. The van der Waals surface area contributed by atoms with Crippen molar-refractivity contribution in [2.75, 3.05) is 25.6 Å². The zero-order valence-electron chi connectivity index (χ0n) is 13.9. The molecule has 0 aromatic heterocycles. The number of amides is 1. The zero-order chi connectivity index (χ0) is 17.4. The Balaban J connectivity index is 1.88. The molecule has 1 N–H and O–H groups in total. The number of benzene rings is 2. The van der Waals surface area contributed by atoms with E-state index in [0.29, 0.717) is 29.5 Å². The van der Waals surface area contributed by atoms with Crippen LogP contribution >= 0.6 is 0 Å². The van der Waals surface area contributed by atoms with E-state index >= 15 is 0 Å². The highest BCUT2D eigenvalue weighted by atomic mass is 16.5. The van der Waals surface area contributed by atoms with Gasteiger partial charge in [0.2, 0.25) is 0 Å². The molecule has 0 atom stereocenters. The van der Waals surface area contributed by atoms with Gasteiger partial charge in [-0.15, -0.1) is 0 Å². The average Bonchev–Trinajstić information content (AvgIpc) is 2.60. The Morgan fingerprint density at radius 3 is 2.54 bits per heavy atom. The topological polar surface area (TPSA) is 56.8 Å². The fraction of sp³-hybridized carbons (Fsp3) is 0.211. The molecular formula is C19H21NO4. The van der Waals surface area contributed by atoms with Gasteiger partial charge in [-0.1, -0.05) is 18.7 Å². The van der Waals surface area contributed by atoms with Crippen LogP contribution in [0.1, 0.15) is 5.56 Å². The standard InChI is InChI=1S/C19H21NO4/c1-4-11-23-16-8-6-15(7-9-16)20-19(21)13-24-17-10-5-14(2)12-18(17)22-3/h4-10,12H,1,11,13H2,2-3H3,(H,20,21). The smallest absolute Gasteiger partial charge is 0.262 e. The molecule has 0 saturated carbocycles. The van der Waals surface area contributed by atoms with Gasteiger partial charge in [0.05, 0.1) is 7.11 Å². The Kier molecular flexibility index (Phi) is 6.25. The summed E-state index contributed by atoms with van der Waals surface area (Å²) in [5.41, 5.74) is 1.73. The molecule has 24 heavy (non-hydrogen) atoms. The molecule has 0 unspecified atom stereocenters. The van der Waals surface area contributed by atoms with Crippen molar-refractivity contribution in [3.63, 3.8) is 0 Å². The largest absolute Gasteiger partial charge is 0.493 e. The summed E-state index contributed by atoms with van der Waals surface area (Å²) in [6.45, 7) is 5.89. The van der Waals surface area contributed by atoms with Gasteiger partial charge in [0, 0.05) is 5.69 Å². The van der Waals surface area contributed by atoms with Gasteiger partial charge >= 0.3 is 0 Å². The molecular weight excluding hydrogens is 306 g/mol. The van der Waals surface area contributed by atoms with Crippen LogP contribution in [0.15, 0.2) is 55.1 Å². The number of rotatable bonds is 8. The molecule has 5 nitrogen and oxygen atoms in total. The van der Waals surface area contributed by atoms with E-state index in [4.69, 9.17) is 14.2 Å². The number of hydrogen-bond donors (Lipinski definition) is 1. The van der Waals surface area contributed by atoms with Crippen LogP contribution in [0.2, 0.25) is 0 Å². The zero-order valence-corrected chi connectivity index (χ0v) is 13.9. The van der Waals surface area contributed by atoms with Crippen LogP contribution in [0.5, 0.6) is 17.2 Å². The summed E-state index contributed by atoms with van der Waals surface area (Å²) in [5, 5.41) is 2.76. The first-order chi connectivity index (χ1) is 11.6. The molecule has 1 amide bonds. The van der Waals surface area contributed by atoms with Crippen LogP contribution < -0.4 is 19.5 Å². The lowest BCUT2D eigenvalue weighted by Gasteiger charge is -2.11. The quantitative estimate of drug-likeness (QED) is 0.753. The van der Waals surface area contributed by atoms with Crippen LogP contribution in [0, 0.1) is 6.92 Å². The maximum absolute atomic E-state index is 12.0. The van der Waals surface area contributed by atoms with E-state index in [-0.39, 0.29) is 12.5 Å². The van der Waals surface area contributed by atoms with E-state index in [0.717, 1.165) is 5.56 Å². The van der Waals surface area contributed by atoms with Gasteiger partial charge < -0.3 is 19.5 Å². The molecule has 0 radical (unpaired) electrons. The predicted molar refractivity (Wildman–Crippen MR) is 94.0 cm³/mol. The minimum absolute atomic E-state index is 0.103. The van der Waals surface area contributed by atoms with Gasteiger partial charge in [0.25, 0.3) is 5.91 Å². The second kappa shape index (κ2) is 8.62. The lowest BCUT2D eigenvalue weighted by Crippen LogP contribution is -2.20. The second-order valence-electron chi connectivity index (χ2n) is 5.12. The molecule has 2 rings (SSSR count). The highest BCUT2D eigenvalue weighted by molar-refractivity contribution is 5.91. The van der Waals surface area contributed by atoms with E-state index in [1.165, 1.54) is 0 Å². The summed E-state index contributed by atoms with van der Waals surface area (Å²) < 4.78 is 16.2.